The maximum absolute atomic E-state index is 12.3. The molecule has 0 aliphatic heterocycles. The average Bonchev–Trinajstić information content (AvgIpc) is 2.60. The molecular formula is C19H26O4. The van der Waals surface area contributed by atoms with E-state index in [9.17, 15) is 9.59 Å². The van der Waals surface area contributed by atoms with Crippen LogP contribution in [-0.4, -0.2) is 26.2 Å². The molecule has 0 aromatic carbocycles. The Balaban J connectivity index is 3.06. The molecule has 1 rings (SSSR count). The van der Waals surface area contributed by atoms with Gasteiger partial charge in [0.15, 0.2) is 5.41 Å². The van der Waals surface area contributed by atoms with Crippen LogP contribution >= 0.6 is 0 Å². The number of rotatable bonds is 7. The Morgan fingerprint density at radius 3 is 2.26 bits per heavy atom. The van der Waals surface area contributed by atoms with Gasteiger partial charge in [0, 0.05) is 0 Å². The summed E-state index contributed by atoms with van der Waals surface area (Å²) in [6.07, 6.45) is 12.9. The second-order valence-corrected chi connectivity index (χ2v) is 5.65. The molecule has 0 radical (unpaired) electrons. The van der Waals surface area contributed by atoms with E-state index in [4.69, 9.17) is 9.47 Å². The zero-order chi connectivity index (χ0) is 17.1. The Morgan fingerprint density at radius 1 is 1.13 bits per heavy atom. The normalized spacial score (nSPS) is 15.0. The number of carbonyl (C=O) groups excluding carboxylic acids is 2. The molecular weight excluding hydrogens is 292 g/mol. The van der Waals surface area contributed by atoms with Crippen LogP contribution in [-0.2, 0) is 19.1 Å². The Bertz CT molecular complexity index is 497. The lowest BCUT2D eigenvalue weighted by molar-refractivity contribution is -0.168. The van der Waals surface area contributed by atoms with Crippen LogP contribution in [0.3, 0.4) is 0 Å². The fraction of sp³-hybridized carbons (Fsp3) is 0.526. The first kappa shape index (κ1) is 19.0. The van der Waals surface area contributed by atoms with Gasteiger partial charge in [-0.05, 0) is 50.2 Å². The van der Waals surface area contributed by atoms with E-state index in [-0.39, 0.29) is 12.8 Å². The summed E-state index contributed by atoms with van der Waals surface area (Å²) in [5, 5.41) is 0. The van der Waals surface area contributed by atoms with Crippen LogP contribution in [0.5, 0.6) is 0 Å². The van der Waals surface area contributed by atoms with Gasteiger partial charge in [0.1, 0.15) is 0 Å². The van der Waals surface area contributed by atoms with Gasteiger partial charge in [0.25, 0.3) is 0 Å². The highest BCUT2D eigenvalue weighted by atomic mass is 16.5. The summed E-state index contributed by atoms with van der Waals surface area (Å²) in [4.78, 5) is 24.5. The summed E-state index contributed by atoms with van der Waals surface area (Å²) in [5.41, 5.74) is 3.14. The molecule has 0 bridgehead atoms. The number of hydrogen-bond donors (Lipinski definition) is 0. The fourth-order valence-electron chi connectivity index (χ4n) is 2.75. The van der Waals surface area contributed by atoms with Crippen molar-refractivity contribution in [2.45, 2.75) is 44.9 Å². The van der Waals surface area contributed by atoms with Crippen molar-refractivity contribution in [3.05, 3.63) is 42.2 Å². The van der Waals surface area contributed by atoms with Gasteiger partial charge in [0.05, 0.1) is 14.2 Å². The number of ether oxygens (including phenoxy) is 2. The predicted molar refractivity (Wildman–Crippen MR) is 89.7 cm³/mol. The molecule has 0 unspecified atom stereocenters. The smallest absolute Gasteiger partial charge is 0.323 e. The molecule has 1 aliphatic rings. The van der Waals surface area contributed by atoms with Gasteiger partial charge in [-0.2, -0.15) is 0 Å². The molecule has 1 fully saturated rings. The molecule has 0 aromatic heterocycles. The second kappa shape index (κ2) is 9.86. The molecule has 0 amide bonds. The predicted octanol–water partition coefficient (Wildman–Crippen LogP) is 3.89. The van der Waals surface area contributed by atoms with Crippen LogP contribution in [0, 0.1) is 5.41 Å². The summed E-state index contributed by atoms with van der Waals surface area (Å²) in [7, 11) is 2.56. The molecule has 23 heavy (non-hydrogen) atoms. The number of methoxy groups -OCH3 is 2. The van der Waals surface area contributed by atoms with Gasteiger partial charge in [-0.25, -0.2) is 0 Å². The highest BCUT2D eigenvalue weighted by molar-refractivity contribution is 6.00. The van der Waals surface area contributed by atoms with Crippen LogP contribution in [0.1, 0.15) is 44.9 Å². The molecule has 0 heterocycles. The van der Waals surface area contributed by atoms with Crippen LogP contribution in [0.2, 0.25) is 0 Å². The summed E-state index contributed by atoms with van der Waals surface area (Å²) in [5.74, 6) is -1.19. The first-order chi connectivity index (χ1) is 11.1. The maximum Gasteiger partial charge on any atom is 0.323 e. The number of allylic oxidation sites excluding steroid dienone is 4. The van der Waals surface area contributed by atoms with Crippen LogP contribution in [0.4, 0.5) is 0 Å². The van der Waals surface area contributed by atoms with E-state index in [1.165, 1.54) is 39.1 Å². The Hall–Kier alpha value is -2.06. The van der Waals surface area contributed by atoms with E-state index in [2.05, 4.69) is 12.3 Å². The highest BCUT2D eigenvalue weighted by Gasteiger charge is 2.46. The highest BCUT2D eigenvalue weighted by Crippen LogP contribution is 2.32. The molecule has 0 spiro atoms. The lowest BCUT2D eigenvalue weighted by atomic mass is 9.80. The number of hydrogen-bond acceptors (Lipinski definition) is 4. The van der Waals surface area contributed by atoms with Crippen molar-refractivity contribution in [3.63, 3.8) is 0 Å². The van der Waals surface area contributed by atoms with Gasteiger partial charge in [-0.1, -0.05) is 31.2 Å². The lowest BCUT2D eigenvalue weighted by Gasteiger charge is -2.25. The maximum atomic E-state index is 12.3. The fourth-order valence-corrected chi connectivity index (χ4v) is 2.75. The molecule has 126 valence electrons. The SMILES string of the molecule is C=C/C=C/CC(CC=C=C1CCCCC1)(C(=O)OC)C(=O)OC. The third-order valence-electron chi connectivity index (χ3n) is 4.10. The van der Waals surface area contributed by atoms with Gasteiger partial charge in [-0.3, -0.25) is 9.59 Å². The van der Waals surface area contributed by atoms with Crippen LogP contribution in [0.15, 0.2) is 42.2 Å². The van der Waals surface area contributed by atoms with Crippen LogP contribution in [0.25, 0.3) is 0 Å². The third-order valence-corrected chi connectivity index (χ3v) is 4.10. The monoisotopic (exact) mass is 318 g/mol. The van der Waals surface area contributed by atoms with Crippen molar-refractivity contribution < 1.29 is 19.1 Å². The van der Waals surface area contributed by atoms with E-state index in [1.807, 2.05) is 0 Å². The second-order valence-electron chi connectivity index (χ2n) is 5.65. The van der Waals surface area contributed by atoms with Gasteiger partial charge in [0.2, 0.25) is 0 Å². The lowest BCUT2D eigenvalue weighted by Crippen LogP contribution is -2.40. The first-order valence-electron chi connectivity index (χ1n) is 7.98. The zero-order valence-corrected chi connectivity index (χ0v) is 14.1. The minimum atomic E-state index is -1.37. The summed E-state index contributed by atoms with van der Waals surface area (Å²) in [6, 6.07) is 0. The van der Waals surface area contributed by atoms with Crippen molar-refractivity contribution in [3.8, 4) is 0 Å². The van der Waals surface area contributed by atoms with Crippen molar-refractivity contribution in [2.24, 2.45) is 5.41 Å². The minimum Gasteiger partial charge on any atom is -0.468 e. The molecule has 0 atom stereocenters. The standard InChI is InChI=1S/C19H26O4/c1-4-5-9-14-19(17(20)22-2,18(21)23-3)15-10-13-16-11-7-6-8-12-16/h4-5,9-10H,1,6-8,11-12,14-15H2,2-3H3/b9-5+. The molecule has 0 aromatic rings. The quantitative estimate of drug-likeness (QED) is 0.309. The van der Waals surface area contributed by atoms with E-state index < -0.39 is 17.4 Å². The van der Waals surface area contributed by atoms with E-state index in [0.717, 1.165) is 12.8 Å². The van der Waals surface area contributed by atoms with Gasteiger partial charge >= 0.3 is 11.9 Å². The third kappa shape index (κ3) is 5.26. The number of carbonyl (C=O) groups is 2. The molecule has 1 saturated carbocycles. The van der Waals surface area contributed by atoms with E-state index in [0.29, 0.717) is 0 Å². The van der Waals surface area contributed by atoms with Gasteiger partial charge < -0.3 is 9.47 Å². The summed E-state index contributed by atoms with van der Waals surface area (Å²) in [6.45, 7) is 3.59. The Morgan fingerprint density at radius 2 is 1.74 bits per heavy atom. The largest absolute Gasteiger partial charge is 0.468 e. The minimum absolute atomic E-state index is 0.200. The molecule has 0 saturated heterocycles. The number of esters is 2. The molecule has 0 N–H and O–H groups in total. The first-order valence-corrected chi connectivity index (χ1v) is 7.98. The topological polar surface area (TPSA) is 52.6 Å². The van der Waals surface area contributed by atoms with Crippen molar-refractivity contribution in [2.75, 3.05) is 14.2 Å². The summed E-state index contributed by atoms with van der Waals surface area (Å²) < 4.78 is 9.72. The molecule has 4 nitrogen and oxygen atoms in total. The molecule has 1 aliphatic carbocycles. The van der Waals surface area contributed by atoms with Crippen molar-refractivity contribution >= 4 is 11.9 Å². The van der Waals surface area contributed by atoms with Crippen LogP contribution < -0.4 is 0 Å². The Kier molecular flexibility index (Phi) is 8.14. The van der Waals surface area contributed by atoms with Gasteiger partial charge in [-0.15, -0.1) is 5.73 Å². The molecule has 4 heteroatoms. The summed E-state index contributed by atoms with van der Waals surface area (Å²) >= 11 is 0. The Labute approximate surface area is 138 Å². The van der Waals surface area contributed by atoms with Crippen molar-refractivity contribution in [1.29, 1.82) is 0 Å². The van der Waals surface area contributed by atoms with E-state index >= 15 is 0 Å². The zero-order valence-electron chi connectivity index (χ0n) is 14.1. The van der Waals surface area contributed by atoms with Crippen molar-refractivity contribution in [1.82, 2.24) is 0 Å². The average molecular weight is 318 g/mol. The van der Waals surface area contributed by atoms with E-state index in [1.54, 1.807) is 24.3 Å².